The molecule has 0 aromatic heterocycles. The molecule has 0 aliphatic carbocycles. The third-order valence-corrected chi connectivity index (χ3v) is 5.51. The fourth-order valence-electron chi connectivity index (χ4n) is 1.23. The minimum absolute atomic E-state index is 0.384. The van der Waals surface area contributed by atoms with Crippen LogP contribution in [0.4, 0.5) is 0 Å². The van der Waals surface area contributed by atoms with Crippen LogP contribution in [0.25, 0.3) is 0 Å². The molecule has 0 heterocycles. The van der Waals surface area contributed by atoms with Gasteiger partial charge in [0.25, 0.3) is 0 Å². The molecule has 16 heavy (non-hydrogen) atoms. The molecule has 0 fully saturated rings. The Morgan fingerprint density at radius 3 is 2.19 bits per heavy atom. The lowest BCUT2D eigenvalue weighted by molar-refractivity contribution is 0.228. The van der Waals surface area contributed by atoms with Gasteiger partial charge in [-0.1, -0.05) is 25.8 Å². The van der Waals surface area contributed by atoms with E-state index in [0.29, 0.717) is 17.4 Å². The van der Waals surface area contributed by atoms with E-state index in [2.05, 4.69) is 22.9 Å². The normalized spacial score (nSPS) is 13.1. The average Bonchev–Trinajstić information content (AvgIpc) is 2.24. The van der Waals surface area contributed by atoms with Crippen molar-refractivity contribution >= 4 is 23.5 Å². The molecule has 0 saturated carbocycles. The average molecular weight is 313 g/mol. The Balaban J connectivity index is 4.36. The zero-order chi connectivity index (χ0) is 12.4. The van der Waals surface area contributed by atoms with E-state index < -0.39 is 7.60 Å². The van der Waals surface area contributed by atoms with Gasteiger partial charge in [0, 0.05) is 0 Å². The first-order valence-electron chi connectivity index (χ1n) is 5.86. The summed E-state index contributed by atoms with van der Waals surface area (Å²) in [7, 11) is -3.08. The highest BCUT2D eigenvalue weighted by molar-refractivity contribution is 9.13. The van der Waals surface area contributed by atoms with Crippen LogP contribution in [0.5, 0.6) is 0 Å². The van der Waals surface area contributed by atoms with Crippen LogP contribution in [0.1, 0.15) is 46.5 Å². The van der Waals surface area contributed by atoms with Crippen molar-refractivity contribution in [3.63, 3.8) is 0 Å². The van der Waals surface area contributed by atoms with Gasteiger partial charge in [-0.05, 0) is 42.6 Å². The van der Waals surface area contributed by atoms with Gasteiger partial charge in [-0.25, -0.2) is 0 Å². The largest absolute Gasteiger partial charge is 0.367 e. The third kappa shape index (κ3) is 6.19. The second kappa shape index (κ2) is 9.41. The maximum atomic E-state index is 12.2. The van der Waals surface area contributed by atoms with Crippen LogP contribution in [0.15, 0.2) is 10.3 Å². The number of hydrogen-bond donors (Lipinski definition) is 0. The van der Waals surface area contributed by atoms with Crippen molar-refractivity contribution < 1.29 is 13.6 Å². The molecule has 0 radical (unpaired) electrons. The summed E-state index contributed by atoms with van der Waals surface area (Å²) < 4.78 is 23.2. The molecule has 0 N–H and O–H groups in total. The number of rotatable bonds is 9. The molecule has 0 saturated heterocycles. The Morgan fingerprint density at radius 1 is 1.19 bits per heavy atom. The first-order valence-corrected chi connectivity index (χ1v) is 8.19. The maximum Gasteiger partial charge on any atom is 0.367 e. The van der Waals surface area contributed by atoms with E-state index in [9.17, 15) is 4.57 Å². The molecular formula is C11H22BrO3P. The standard InChI is InChI=1S/C11H22BrO3P/c1-4-7-8-9-10-11(12)16(13,14-5-2)15-6-3/h10H,4-9H2,1-3H3/b11-10-. The Kier molecular flexibility index (Phi) is 9.62. The molecule has 0 bridgehead atoms. The predicted molar refractivity (Wildman–Crippen MR) is 72.0 cm³/mol. The molecule has 0 aliphatic heterocycles. The zero-order valence-electron chi connectivity index (χ0n) is 10.4. The van der Waals surface area contributed by atoms with E-state index in [-0.39, 0.29) is 0 Å². The second-order valence-corrected chi connectivity index (χ2v) is 6.82. The van der Waals surface area contributed by atoms with Crippen LogP contribution in [-0.2, 0) is 13.6 Å². The van der Waals surface area contributed by atoms with Gasteiger partial charge in [0.15, 0.2) is 0 Å². The van der Waals surface area contributed by atoms with Gasteiger partial charge in [-0.3, -0.25) is 4.57 Å². The molecule has 0 atom stereocenters. The van der Waals surface area contributed by atoms with Crippen molar-refractivity contribution in [2.75, 3.05) is 13.2 Å². The molecule has 0 spiro atoms. The lowest BCUT2D eigenvalue weighted by atomic mass is 10.2. The molecule has 5 heteroatoms. The summed E-state index contributed by atoms with van der Waals surface area (Å²) in [5, 5.41) is 0. The summed E-state index contributed by atoms with van der Waals surface area (Å²) in [4.78, 5) is 0. The van der Waals surface area contributed by atoms with E-state index in [1.165, 1.54) is 12.8 Å². The first-order chi connectivity index (χ1) is 7.60. The summed E-state index contributed by atoms with van der Waals surface area (Å²) in [6.07, 6.45) is 6.27. The van der Waals surface area contributed by atoms with Gasteiger partial charge in [-0.15, -0.1) is 0 Å². The van der Waals surface area contributed by atoms with Crippen LogP contribution in [-0.4, -0.2) is 13.2 Å². The minimum atomic E-state index is -3.08. The molecular weight excluding hydrogens is 291 g/mol. The molecule has 3 nitrogen and oxygen atoms in total. The Bertz CT molecular complexity index is 244. The molecule has 96 valence electrons. The number of allylic oxidation sites excluding steroid dienone is 1. The van der Waals surface area contributed by atoms with Crippen LogP contribution in [0.2, 0.25) is 0 Å². The fraction of sp³-hybridized carbons (Fsp3) is 0.818. The van der Waals surface area contributed by atoms with Crippen molar-refractivity contribution in [1.82, 2.24) is 0 Å². The van der Waals surface area contributed by atoms with Gasteiger partial charge < -0.3 is 9.05 Å². The lowest BCUT2D eigenvalue weighted by Gasteiger charge is -2.16. The highest BCUT2D eigenvalue weighted by Gasteiger charge is 2.27. The summed E-state index contributed by atoms with van der Waals surface area (Å²) in [6, 6.07) is 0. The quantitative estimate of drug-likeness (QED) is 0.440. The smallest absolute Gasteiger partial charge is 0.305 e. The maximum absolute atomic E-state index is 12.2. The zero-order valence-corrected chi connectivity index (χ0v) is 12.9. The van der Waals surface area contributed by atoms with Crippen molar-refractivity contribution in [2.24, 2.45) is 0 Å². The lowest BCUT2D eigenvalue weighted by Crippen LogP contribution is -1.95. The SMILES string of the molecule is CCCCC/C=C(/Br)P(=O)(OCC)OCC. The Morgan fingerprint density at radius 2 is 1.75 bits per heavy atom. The number of unbranched alkanes of at least 4 members (excludes halogenated alkanes) is 3. The van der Waals surface area contributed by atoms with Crippen molar-refractivity contribution in [2.45, 2.75) is 46.5 Å². The Hall–Kier alpha value is 0.370. The molecule has 0 amide bonds. The van der Waals surface area contributed by atoms with Crippen LogP contribution >= 0.6 is 23.5 Å². The predicted octanol–water partition coefficient (Wildman–Crippen LogP) is 5.07. The van der Waals surface area contributed by atoms with Gasteiger partial charge in [0.1, 0.15) is 4.22 Å². The number of halogens is 1. The molecule has 0 rings (SSSR count). The second-order valence-electron chi connectivity index (χ2n) is 3.36. The van der Waals surface area contributed by atoms with Crippen molar-refractivity contribution in [1.29, 1.82) is 0 Å². The van der Waals surface area contributed by atoms with Gasteiger partial charge in [-0.2, -0.15) is 0 Å². The van der Waals surface area contributed by atoms with Gasteiger partial charge in [0.2, 0.25) is 0 Å². The highest BCUT2D eigenvalue weighted by Crippen LogP contribution is 2.58. The van der Waals surface area contributed by atoms with Crippen molar-refractivity contribution in [3.8, 4) is 0 Å². The fourth-order valence-corrected chi connectivity index (χ4v) is 3.42. The summed E-state index contributed by atoms with van der Waals surface area (Å²) >= 11 is 3.30. The van der Waals surface area contributed by atoms with Crippen LogP contribution in [0.3, 0.4) is 0 Å². The van der Waals surface area contributed by atoms with Crippen LogP contribution < -0.4 is 0 Å². The molecule has 0 aliphatic rings. The molecule has 0 aromatic rings. The van der Waals surface area contributed by atoms with Gasteiger partial charge in [0.05, 0.1) is 13.2 Å². The number of hydrogen-bond acceptors (Lipinski definition) is 3. The summed E-state index contributed by atoms with van der Waals surface area (Å²) in [6.45, 7) is 6.54. The first kappa shape index (κ1) is 16.4. The van der Waals surface area contributed by atoms with E-state index in [0.717, 1.165) is 12.8 Å². The summed E-state index contributed by atoms with van der Waals surface area (Å²) in [5.41, 5.74) is 0. The molecule has 0 unspecified atom stereocenters. The van der Waals surface area contributed by atoms with Crippen LogP contribution in [0, 0.1) is 0 Å². The van der Waals surface area contributed by atoms with E-state index >= 15 is 0 Å². The van der Waals surface area contributed by atoms with E-state index in [1.807, 2.05) is 19.9 Å². The topological polar surface area (TPSA) is 35.5 Å². The summed E-state index contributed by atoms with van der Waals surface area (Å²) in [5.74, 6) is 0. The minimum Gasteiger partial charge on any atom is -0.305 e. The van der Waals surface area contributed by atoms with E-state index in [4.69, 9.17) is 9.05 Å². The highest BCUT2D eigenvalue weighted by atomic mass is 79.9. The monoisotopic (exact) mass is 312 g/mol. The molecule has 0 aromatic carbocycles. The third-order valence-electron chi connectivity index (χ3n) is 1.98. The Labute approximate surface area is 107 Å². The van der Waals surface area contributed by atoms with Crippen molar-refractivity contribution in [3.05, 3.63) is 10.3 Å². The van der Waals surface area contributed by atoms with Gasteiger partial charge >= 0.3 is 7.60 Å². The van der Waals surface area contributed by atoms with E-state index in [1.54, 1.807) is 0 Å².